The number of pyridine rings is 2. The zero-order valence-electron chi connectivity index (χ0n) is 28.8. The molecule has 4 heterocycles. The standard InChI is InChI=1S/C37H41N7O6S/c1-4-38-37(48)41-33-19-26(35-40-30(23-51-35)24-8-6-5-7-9-24)28(21-39-33)25-18-27-31(20-32(25)50-17-14-43-12-15-49-16-13-43)44(11-10-42(2)3)22-29(34(27)45)36(46)47/h5-9,18-23H,4,10-17H2,1-3H3,(H,46,47)(H2,38,39,41,48). The monoisotopic (exact) mass is 711 g/mol. The summed E-state index contributed by atoms with van der Waals surface area (Å²) in [6.07, 6.45) is 3.03. The Hall–Kier alpha value is -5.15. The Morgan fingerprint density at radius 3 is 2.57 bits per heavy atom. The highest BCUT2D eigenvalue weighted by Gasteiger charge is 2.23. The van der Waals surface area contributed by atoms with Crippen LogP contribution in [-0.2, 0) is 11.3 Å². The van der Waals surface area contributed by atoms with Gasteiger partial charge in [-0.2, -0.15) is 0 Å². The third-order valence-corrected chi connectivity index (χ3v) is 9.42. The van der Waals surface area contributed by atoms with Crippen LogP contribution in [0.25, 0.3) is 43.9 Å². The first-order chi connectivity index (χ1) is 24.7. The van der Waals surface area contributed by atoms with Gasteiger partial charge in [0.25, 0.3) is 0 Å². The summed E-state index contributed by atoms with van der Waals surface area (Å²) in [5, 5.41) is 18.4. The molecule has 2 amide bonds. The van der Waals surface area contributed by atoms with Gasteiger partial charge in [0.2, 0.25) is 5.43 Å². The first-order valence-corrected chi connectivity index (χ1v) is 17.7. The molecule has 0 spiro atoms. The van der Waals surface area contributed by atoms with Crippen molar-refractivity contribution in [3.8, 4) is 38.7 Å². The second-order valence-corrected chi connectivity index (χ2v) is 13.2. The number of carboxylic acid groups (broad SMARTS) is 1. The number of aromatic nitrogens is 3. The van der Waals surface area contributed by atoms with E-state index in [1.165, 1.54) is 17.5 Å². The molecule has 3 aromatic heterocycles. The van der Waals surface area contributed by atoms with E-state index >= 15 is 0 Å². The normalized spacial score (nSPS) is 13.4. The van der Waals surface area contributed by atoms with Crippen molar-refractivity contribution in [1.82, 2.24) is 29.7 Å². The molecule has 13 nitrogen and oxygen atoms in total. The number of ether oxygens (including phenoxy) is 2. The molecule has 3 N–H and O–H groups in total. The molecule has 2 aromatic carbocycles. The molecule has 6 rings (SSSR count). The molecule has 51 heavy (non-hydrogen) atoms. The predicted molar refractivity (Wildman–Crippen MR) is 199 cm³/mol. The summed E-state index contributed by atoms with van der Waals surface area (Å²) in [5.41, 5.74) is 3.19. The van der Waals surface area contributed by atoms with Gasteiger partial charge in [-0.25, -0.2) is 19.6 Å². The van der Waals surface area contributed by atoms with Gasteiger partial charge in [-0.05, 0) is 33.2 Å². The van der Waals surface area contributed by atoms with Gasteiger partial charge < -0.3 is 29.4 Å². The number of amides is 2. The van der Waals surface area contributed by atoms with Crippen LogP contribution < -0.4 is 20.8 Å². The molecular formula is C37H41N7O6S. The highest BCUT2D eigenvalue weighted by Crippen LogP contribution is 2.41. The predicted octanol–water partition coefficient (Wildman–Crippen LogP) is 4.97. The van der Waals surface area contributed by atoms with Crippen LogP contribution in [0, 0.1) is 0 Å². The van der Waals surface area contributed by atoms with E-state index in [0.717, 1.165) is 24.3 Å². The summed E-state index contributed by atoms with van der Waals surface area (Å²) in [5.74, 6) is -0.484. The molecule has 14 heteroatoms. The summed E-state index contributed by atoms with van der Waals surface area (Å²) in [4.78, 5) is 52.4. The quantitative estimate of drug-likeness (QED) is 0.153. The number of carbonyl (C=O) groups is 2. The average molecular weight is 712 g/mol. The molecule has 0 aliphatic carbocycles. The Kier molecular flexibility index (Phi) is 11.4. The van der Waals surface area contributed by atoms with Gasteiger partial charge in [0, 0.05) is 90.7 Å². The summed E-state index contributed by atoms with van der Waals surface area (Å²) in [7, 11) is 3.86. The van der Waals surface area contributed by atoms with Gasteiger partial charge in [-0.3, -0.25) is 15.0 Å². The van der Waals surface area contributed by atoms with Crippen molar-refractivity contribution in [2.24, 2.45) is 0 Å². The number of morpholine rings is 1. The van der Waals surface area contributed by atoms with E-state index < -0.39 is 17.4 Å². The van der Waals surface area contributed by atoms with Crippen molar-refractivity contribution in [1.29, 1.82) is 0 Å². The number of aromatic carboxylic acids is 1. The summed E-state index contributed by atoms with van der Waals surface area (Å²) in [6, 6.07) is 14.7. The number of carboxylic acids is 1. The minimum atomic E-state index is -1.30. The van der Waals surface area contributed by atoms with E-state index in [4.69, 9.17) is 14.5 Å². The van der Waals surface area contributed by atoms with E-state index in [9.17, 15) is 19.5 Å². The third-order valence-electron chi connectivity index (χ3n) is 8.55. The smallest absolute Gasteiger partial charge is 0.341 e. The number of hydrogen-bond donors (Lipinski definition) is 3. The first kappa shape index (κ1) is 35.7. The number of fused-ring (bicyclic) bond motifs is 1. The molecule has 266 valence electrons. The molecule has 1 aliphatic heterocycles. The highest BCUT2D eigenvalue weighted by molar-refractivity contribution is 7.13. The van der Waals surface area contributed by atoms with Crippen molar-refractivity contribution in [2.45, 2.75) is 13.5 Å². The third kappa shape index (κ3) is 8.43. The Bertz CT molecular complexity index is 2080. The van der Waals surface area contributed by atoms with Gasteiger partial charge in [0.15, 0.2) is 0 Å². The van der Waals surface area contributed by atoms with Crippen LogP contribution in [-0.4, -0.2) is 108 Å². The fraction of sp³-hybridized carbons (Fsp3) is 0.324. The van der Waals surface area contributed by atoms with Crippen molar-refractivity contribution < 1.29 is 24.2 Å². The van der Waals surface area contributed by atoms with Gasteiger partial charge in [0.05, 0.1) is 24.4 Å². The zero-order valence-corrected chi connectivity index (χ0v) is 29.7. The molecule has 0 radical (unpaired) electrons. The molecule has 0 unspecified atom stereocenters. The van der Waals surface area contributed by atoms with Crippen LogP contribution in [0.15, 0.2) is 71.1 Å². The van der Waals surface area contributed by atoms with Crippen molar-refractivity contribution in [3.63, 3.8) is 0 Å². The molecule has 1 aliphatic rings. The molecule has 0 saturated carbocycles. The summed E-state index contributed by atoms with van der Waals surface area (Å²) in [6.45, 7) is 7.30. The van der Waals surface area contributed by atoms with Crippen molar-refractivity contribution in [3.05, 3.63) is 82.1 Å². The minimum Gasteiger partial charge on any atom is -0.492 e. The lowest BCUT2D eigenvalue weighted by Gasteiger charge is -2.26. The van der Waals surface area contributed by atoms with E-state index in [-0.39, 0.29) is 10.9 Å². The van der Waals surface area contributed by atoms with Gasteiger partial charge >= 0.3 is 12.0 Å². The Morgan fingerprint density at radius 1 is 1.06 bits per heavy atom. The molecule has 0 atom stereocenters. The van der Waals surface area contributed by atoms with Crippen LogP contribution in [0.3, 0.4) is 0 Å². The topological polar surface area (TPSA) is 151 Å². The van der Waals surface area contributed by atoms with Crippen LogP contribution in [0.2, 0.25) is 0 Å². The largest absolute Gasteiger partial charge is 0.492 e. The van der Waals surface area contributed by atoms with Gasteiger partial charge in [-0.15, -0.1) is 11.3 Å². The van der Waals surface area contributed by atoms with E-state index in [1.807, 2.05) is 67.7 Å². The summed E-state index contributed by atoms with van der Waals surface area (Å²) < 4.78 is 13.8. The molecule has 1 saturated heterocycles. The SMILES string of the molecule is CCNC(=O)Nc1cc(-c2nc(-c3ccccc3)cs2)c(-c2cc3c(=O)c(C(=O)O)cn(CCN(C)C)c3cc2OCCN2CCOCC2)cn1. The van der Waals surface area contributed by atoms with Gasteiger partial charge in [-0.1, -0.05) is 30.3 Å². The Labute approximate surface area is 299 Å². The number of rotatable bonds is 13. The van der Waals surface area contributed by atoms with Gasteiger partial charge in [0.1, 0.15) is 28.7 Å². The maximum atomic E-state index is 13.8. The van der Waals surface area contributed by atoms with E-state index in [2.05, 4.69) is 20.5 Å². The number of nitrogens with zero attached hydrogens (tertiary/aromatic N) is 5. The second-order valence-electron chi connectivity index (χ2n) is 12.3. The van der Waals surface area contributed by atoms with Crippen LogP contribution >= 0.6 is 11.3 Å². The number of hydrogen-bond acceptors (Lipinski definition) is 10. The lowest BCUT2D eigenvalue weighted by atomic mass is 9.98. The highest BCUT2D eigenvalue weighted by atomic mass is 32.1. The molecule has 0 bridgehead atoms. The number of urea groups is 1. The van der Waals surface area contributed by atoms with Crippen LogP contribution in [0.4, 0.5) is 10.6 Å². The lowest BCUT2D eigenvalue weighted by Crippen LogP contribution is -2.38. The molecule has 5 aromatic rings. The fourth-order valence-electron chi connectivity index (χ4n) is 5.88. The maximum Gasteiger partial charge on any atom is 0.341 e. The summed E-state index contributed by atoms with van der Waals surface area (Å²) >= 11 is 1.44. The number of carbonyl (C=O) groups excluding carboxylic acids is 1. The van der Waals surface area contributed by atoms with Crippen LogP contribution in [0.5, 0.6) is 5.75 Å². The average Bonchev–Trinajstić information content (AvgIpc) is 3.62. The number of benzene rings is 2. The van der Waals surface area contributed by atoms with E-state index in [1.54, 1.807) is 22.9 Å². The number of nitrogens with one attached hydrogen (secondary N) is 2. The fourth-order valence-corrected chi connectivity index (χ4v) is 6.74. The van der Waals surface area contributed by atoms with Crippen molar-refractivity contribution in [2.75, 3.05) is 72.0 Å². The molecule has 1 fully saturated rings. The zero-order chi connectivity index (χ0) is 35.9. The number of anilines is 1. The van der Waals surface area contributed by atoms with Crippen LogP contribution in [0.1, 0.15) is 17.3 Å². The second kappa shape index (κ2) is 16.2. The Balaban J connectivity index is 1.53. The maximum absolute atomic E-state index is 13.8. The minimum absolute atomic E-state index is 0.240. The van der Waals surface area contributed by atoms with E-state index in [0.29, 0.717) is 84.8 Å². The Morgan fingerprint density at radius 2 is 1.84 bits per heavy atom. The van der Waals surface area contributed by atoms with Crippen molar-refractivity contribution >= 4 is 40.1 Å². The number of thiazole rings is 1. The lowest BCUT2D eigenvalue weighted by molar-refractivity contribution is 0.0323. The number of likely N-dealkylation sites (N-methyl/N-ethyl adjacent to an activating group) is 1. The molecular weight excluding hydrogens is 671 g/mol. The first-order valence-electron chi connectivity index (χ1n) is 16.8.